The van der Waals surface area contributed by atoms with Crippen molar-refractivity contribution in [2.45, 2.75) is 44.7 Å². The number of carbonyl (C=O) groups excluding carboxylic acids is 2. The fourth-order valence-electron chi connectivity index (χ4n) is 4.89. The molecule has 0 saturated carbocycles. The maximum Gasteiger partial charge on any atom is 0.264 e. The zero-order chi connectivity index (χ0) is 30.1. The summed E-state index contributed by atoms with van der Waals surface area (Å²) in [5.74, 6) is -0.773. The van der Waals surface area contributed by atoms with E-state index in [1.165, 1.54) is 17.0 Å². The third kappa shape index (κ3) is 7.25. The van der Waals surface area contributed by atoms with E-state index in [1.807, 2.05) is 87.5 Å². The van der Waals surface area contributed by atoms with Crippen LogP contribution < -0.4 is 9.62 Å². The third-order valence-corrected chi connectivity index (χ3v) is 8.99. The van der Waals surface area contributed by atoms with Gasteiger partial charge in [-0.1, -0.05) is 91.0 Å². The van der Waals surface area contributed by atoms with Crippen molar-refractivity contribution in [1.82, 2.24) is 10.2 Å². The number of benzene rings is 4. The van der Waals surface area contributed by atoms with Crippen LogP contribution in [-0.4, -0.2) is 44.3 Å². The zero-order valence-electron chi connectivity index (χ0n) is 24.2. The van der Waals surface area contributed by atoms with Crippen molar-refractivity contribution in [3.8, 4) is 0 Å². The molecule has 4 aromatic rings. The van der Waals surface area contributed by atoms with E-state index >= 15 is 0 Å². The van der Waals surface area contributed by atoms with E-state index in [2.05, 4.69) is 5.32 Å². The lowest BCUT2D eigenvalue weighted by molar-refractivity contribution is -0.140. The highest BCUT2D eigenvalue weighted by Crippen LogP contribution is 2.27. The Balaban J connectivity index is 1.81. The van der Waals surface area contributed by atoms with Crippen molar-refractivity contribution >= 4 is 27.5 Å². The molecule has 0 aliphatic heterocycles. The summed E-state index contributed by atoms with van der Waals surface area (Å²) in [4.78, 5) is 29.6. The molecule has 218 valence electrons. The molecule has 0 saturated heterocycles. The van der Waals surface area contributed by atoms with Crippen molar-refractivity contribution in [2.24, 2.45) is 0 Å². The summed E-state index contributed by atoms with van der Waals surface area (Å²) in [5.41, 5.74) is 3.85. The minimum atomic E-state index is -4.12. The highest BCUT2D eigenvalue weighted by atomic mass is 32.2. The van der Waals surface area contributed by atoms with Gasteiger partial charge in [-0.2, -0.15) is 0 Å². The Labute approximate surface area is 248 Å². The highest BCUT2D eigenvalue weighted by Gasteiger charge is 2.35. The van der Waals surface area contributed by atoms with Crippen LogP contribution in [0.4, 0.5) is 5.69 Å². The molecule has 0 aliphatic carbocycles. The first-order valence-corrected chi connectivity index (χ1v) is 15.5. The second-order valence-corrected chi connectivity index (χ2v) is 12.0. The lowest BCUT2D eigenvalue weighted by Crippen LogP contribution is -2.53. The van der Waals surface area contributed by atoms with Gasteiger partial charge in [0.2, 0.25) is 11.8 Å². The SMILES string of the molecule is CCNC(=O)[C@H](Cc1ccccc1)N(Cc1ccccc1C)C(=O)CN(c1ccccc1C)S(=O)(=O)c1ccccc1. The molecule has 42 heavy (non-hydrogen) atoms. The number of para-hydroxylation sites is 1. The monoisotopic (exact) mass is 583 g/mol. The fraction of sp³-hybridized carbons (Fsp3) is 0.235. The first-order valence-electron chi connectivity index (χ1n) is 14.0. The summed E-state index contributed by atoms with van der Waals surface area (Å²) in [6.07, 6.45) is 0.278. The molecule has 0 spiro atoms. The average Bonchev–Trinajstić information content (AvgIpc) is 3.00. The number of anilines is 1. The number of aryl methyl sites for hydroxylation is 2. The molecule has 0 unspecified atom stereocenters. The van der Waals surface area contributed by atoms with Gasteiger partial charge in [0.15, 0.2) is 0 Å². The minimum Gasteiger partial charge on any atom is -0.355 e. The smallest absolute Gasteiger partial charge is 0.264 e. The second-order valence-electron chi connectivity index (χ2n) is 10.2. The summed E-state index contributed by atoms with van der Waals surface area (Å²) in [5, 5.41) is 2.89. The Morgan fingerprint density at radius 2 is 1.33 bits per heavy atom. The van der Waals surface area contributed by atoms with Crippen LogP contribution in [0, 0.1) is 13.8 Å². The zero-order valence-corrected chi connectivity index (χ0v) is 25.1. The van der Waals surface area contributed by atoms with E-state index in [4.69, 9.17) is 0 Å². The van der Waals surface area contributed by atoms with Gasteiger partial charge in [-0.3, -0.25) is 13.9 Å². The number of likely N-dealkylation sites (N-methyl/N-ethyl adjacent to an activating group) is 1. The molecule has 7 nitrogen and oxygen atoms in total. The van der Waals surface area contributed by atoms with Crippen molar-refractivity contribution in [3.63, 3.8) is 0 Å². The van der Waals surface area contributed by atoms with E-state index in [-0.39, 0.29) is 23.8 Å². The molecule has 8 heteroatoms. The van der Waals surface area contributed by atoms with Crippen molar-refractivity contribution < 1.29 is 18.0 Å². The molecule has 4 aromatic carbocycles. The molecule has 4 rings (SSSR count). The highest BCUT2D eigenvalue weighted by molar-refractivity contribution is 7.92. The van der Waals surface area contributed by atoms with Crippen LogP contribution >= 0.6 is 0 Å². The van der Waals surface area contributed by atoms with E-state index in [0.29, 0.717) is 17.8 Å². The minimum absolute atomic E-state index is 0.0797. The van der Waals surface area contributed by atoms with Crippen LogP contribution in [0.3, 0.4) is 0 Å². The van der Waals surface area contributed by atoms with E-state index in [1.54, 1.807) is 30.3 Å². The summed E-state index contributed by atoms with van der Waals surface area (Å²) < 4.78 is 29.2. The standard InChI is InChI=1S/C34H37N3O4S/c1-4-35-34(39)32(23-28-17-7-5-8-18-28)36(24-29-19-13-11-15-26(29)2)33(38)25-37(31-22-14-12-16-27(31)3)42(40,41)30-20-9-6-10-21-30/h5-22,32H,4,23-25H2,1-3H3,(H,35,39)/t32-/m0/s1. The molecule has 0 radical (unpaired) electrons. The quantitative estimate of drug-likeness (QED) is 0.246. The van der Waals surface area contributed by atoms with Crippen LogP contribution in [0.2, 0.25) is 0 Å². The molecular weight excluding hydrogens is 546 g/mol. The van der Waals surface area contributed by atoms with Crippen LogP contribution in [0.1, 0.15) is 29.2 Å². The average molecular weight is 584 g/mol. The molecule has 1 atom stereocenters. The number of amides is 2. The molecule has 2 amide bonds. The number of nitrogens with zero attached hydrogens (tertiary/aromatic N) is 2. The predicted octanol–water partition coefficient (Wildman–Crippen LogP) is 5.27. The molecule has 0 bridgehead atoms. The maximum atomic E-state index is 14.4. The van der Waals surface area contributed by atoms with E-state index in [0.717, 1.165) is 21.0 Å². The Morgan fingerprint density at radius 1 is 0.762 bits per heavy atom. The normalized spacial score (nSPS) is 11.9. The summed E-state index contributed by atoms with van der Waals surface area (Å²) in [6, 6.07) is 31.5. The van der Waals surface area contributed by atoms with Gasteiger partial charge in [0.05, 0.1) is 10.6 Å². The predicted molar refractivity (Wildman–Crippen MR) is 166 cm³/mol. The van der Waals surface area contributed by atoms with Crippen molar-refractivity contribution in [3.05, 3.63) is 131 Å². The van der Waals surface area contributed by atoms with Crippen LogP contribution in [0.15, 0.2) is 114 Å². The van der Waals surface area contributed by atoms with Crippen LogP contribution in [0.25, 0.3) is 0 Å². The van der Waals surface area contributed by atoms with Gasteiger partial charge in [0.25, 0.3) is 10.0 Å². The first-order chi connectivity index (χ1) is 20.2. The van der Waals surface area contributed by atoms with Crippen molar-refractivity contribution in [2.75, 3.05) is 17.4 Å². The first kappa shape index (κ1) is 30.5. The number of sulfonamides is 1. The lowest BCUT2D eigenvalue weighted by atomic mass is 10.0. The van der Waals surface area contributed by atoms with Gasteiger partial charge in [-0.15, -0.1) is 0 Å². The number of nitrogens with one attached hydrogen (secondary N) is 1. The molecule has 0 heterocycles. The van der Waals surface area contributed by atoms with Gasteiger partial charge in [-0.05, 0) is 61.2 Å². The number of hydrogen-bond donors (Lipinski definition) is 1. The van der Waals surface area contributed by atoms with E-state index < -0.39 is 28.5 Å². The number of carbonyl (C=O) groups is 2. The molecule has 0 aliphatic rings. The van der Waals surface area contributed by atoms with Gasteiger partial charge in [0, 0.05) is 19.5 Å². The Kier molecular flexibility index (Phi) is 10.1. The number of hydrogen-bond acceptors (Lipinski definition) is 4. The topological polar surface area (TPSA) is 86.8 Å². The summed E-state index contributed by atoms with van der Waals surface area (Å²) in [7, 11) is -4.12. The van der Waals surface area contributed by atoms with Crippen LogP contribution in [0.5, 0.6) is 0 Å². The van der Waals surface area contributed by atoms with Crippen LogP contribution in [-0.2, 0) is 32.6 Å². The third-order valence-electron chi connectivity index (χ3n) is 7.22. The molecule has 0 fully saturated rings. The van der Waals surface area contributed by atoms with Gasteiger partial charge in [-0.25, -0.2) is 8.42 Å². The molecule has 1 N–H and O–H groups in total. The fourth-order valence-corrected chi connectivity index (χ4v) is 6.39. The molecule has 0 aromatic heterocycles. The van der Waals surface area contributed by atoms with Gasteiger partial charge in [0.1, 0.15) is 12.6 Å². The molecular formula is C34H37N3O4S. The lowest BCUT2D eigenvalue weighted by Gasteiger charge is -2.34. The summed E-state index contributed by atoms with van der Waals surface area (Å²) >= 11 is 0. The van der Waals surface area contributed by atoms with Crippen molar-refractivity contribution in [1.29, 1.82) is 0 Å². The Morgan fingerprint density at radius 3 is 1.95 bits per heavy atom. The maximum absolute atomic E-state index is 14.4. The number of rotatable bonds is 12. The van der Waals surface area contributed by atoms with Gasteiger partial charge >= 0.3 is 0 Å². The van der Waals surface area contributed by atoms with E-state index in [9.17, 15) is 18.0 Å². The summed E-state index contributed by atoms with van der Waals surface area (Å²) in [6.45, 7) is 5.67. The Hall–Kier alpha value is -4.43. The second kappa shape index (κ2) is 14.0. The largest absolute Gasteiger partial charge is 0.355 e. The Bertz CT molecular complexity index is 1610. The van der Waals surface area contributed by atoms with Gasteiger partial charge < -0.3 is 10.2 Å².